The molecule has 0 bridgehead atoms. The molecule has 0 atom stereocenters. The summed E-state index contributed by atoms with van der Waals surface area (Å²) in [5.74, 6) is -1.96. The van der Waals surface area contributed by atoms with Gasteiger partial charge in [-0.05, 0) is 129 Å². The summed E-state index contributed by atoms with van der Waals surface area (Å²) in [6, 6.07) is 46.2. The van der Waals surface area contributed by atoms with E-state index in [1.54, 1.807) is 69.6 Å². The molecule has 5 heteroatoms. The van der Waals surface area contributed by atoms with Crippen molar-refractivity contribution in [3.63, 3.8) is 0 Å². The first-order valence-corrected chi connectivity index (χ1v) is 21.5. The average Bonchev–Trinajstić information content (AvgIpc) is 3.75. The van der Waals surface area contributed by atoms with Gasteiger partial charge in [-0.25, -0.2) is 4.98 Å². The zero-order valence-corrected chi connectivity index (χ0v) is 39.8. The fourth-order valence-electron chi connectivity index (χ4n) is 8.78. The zero-order chi connectivity index (χ0) is 57.6. The summed E-state index contributed by atoms with van der Waals surface area (Å²) >= 11 is 0. The molecule has 0 spiro atoms. The smallest absolute Gasteiger partial charge is 0.148 e. The molecule has 0 fully saturated rings. The van der Waals surface area contributed by atoms with Crippen molar-refractivity contribution in [3.8, 4) is 78.6 Å². The number of hydrogen-bond donors (Lipinski definition) is 1. The van der Waals surface area contributed by atoms with Gasteiger partial charge >= 0.3 is 0 Å². The zero-order valence-electron chi connectivity index (χ0n) is 51.5. The Labute approximate surface area is 425 Å². The molecule has 7 aromatic carbocycles. The van der Waals surface area contributed by atoms with Gasteiger partial charge in [-0.3, -0.25) is 9.55 Å². The molecule has 9 rings (SSSR count). The molecule has 0 saturated heterocycles. The van der Waals surface area contributed by atoms with E-state index in [0.717, 1.165) is 16.7 Å². The number of hydrogen-bond acceptors (Lipinski definition) is 3. The van der Waals surface area contributed by atoms with Gasteiger partial charge in [0.25, 0.3) is 0 Å². The van der Waals surface area contributed by atoms with Crippen LogP contribution in [0.2, 0.25) is 0 Å². The van der Waals surface area contributed by atoms with Gasteiger partial charge in [0, 0.05) is 52.1 Å². The van der Waals surface area contributed by atoms with Crippen LogP contribution in [0.1, 0.15) is 113 Å². The summed E-state index contributed by atoms with van der Waals surface area (Å²) in [4.78, 5) is 10.1. The van der Waals surface area contributed by atoms with Crippen molar-refractivity contribution in [2.24, 2.45) is 0 Å². The molecular weight excluding hydrogens is 986 g/mol. The SMILES string of the molecule is [2H]C([2H])([2H])c1cc(-c2c(C([2H])(C)C)cccc2C([2H])(C)C)ccc1-n1c(-c2cc(C)cc(C)c2O)nc2c(-c3[c-]c(-c4cc(-c5ccc(C(C([2H])([2H])[2H])(C([2H])([2H])[2H])C([2H])([2H])[2H])cc5)ccn4)cc(-c4ccccc4)c3)cccc21.[Pt]. The van der Waals surface area contributed by atoms with Crippen molar-refractivity contribution in [3.05, 3.63) is 191 Å². The summed E-state index contributed by atoms with van der Waals surface area (Å²) in [6.07, 6.45) is 1.60. The van der Waals surface area contributed by atoms with Crippen LogP contribution in [0.15, 0.2) is 152 Å². The van der Waals surface area contributed by atoms with Gasteiger partial charge in [0.05, 0.1) is 22.3 Å². The standard InChI is InChI=1S/C61H58N3O.Pt/c1-37(2)50-18-14-19-51(38(3)4)57(50)45-24-27-55(40(6)32-45)64-56-21-15-20-52(58(56)63-60(64)53-31-39(5)30-41(7)59(53)65)47-33-46(42-16-12-11-13-17-42)34-48(35-47)54-36-44(28-29-62-54)43-22-25-49(26-23-43)61(8,9)10;/h11-34,36-38,65H,1-10H3;/q-1;/i6D3,8D3,9D3,10D3,37D,38D;. The molecule has 2 aromatic heterocycles. The topological polar surface area (TPSA) is 50.9 Å². The summed E-state index contributed by atoms with van der Waals surface area (Å²) in [7, 11) is 0. The monoisotopic (exact) mass is 1060 g/mol. The maximum absolute atomic E-state index is 11.9. The Kier molecular flexibility index (Phi) is 8.84. The third kappa shape index (κ3) is 8.84. The van der Waals surface area contributed by atoms with E-state index in [4.69, 9.17) is 29.2 Å². The Hall–Kier alpha value is -6.35. The molecule has 0 unspecified atom stereocenters. The van der Waals surface area contributed by atoms with Crippen molar-refractivity contribution in [2.45, 2.75) is 86.2 Å². The first-order chi connectivity index (χ1) is 36.7. The molecule has 66 heavy (non-hydrogen) atoms. The Morgan fingerprint density at radius 2 is 1.32 bits per heavy atom. The van der Waals surface area contributed by atoms with Crippen LogP contribution in [-0.2, 0) is 26.5 Å². The van der Waals surface area contributed by atoms with Crippen LogP contribution < -0.4 is 0 Å². The summed E-state index contributed by atoms with van der Waals surface area (Å²) < 4.78 is 121. The minimum absolute atomic E-state index is 0. The second-order valence-electron chi connectivity index (χ2n) is 17.2. The van der Waals surface area contributed by atoms with Crippen molar-refractivity contribution in [2.75, 3.05) is 0 Å². The minimum Gasteiger partial charge on any atom is -0.507 e. The van der Waals surface area contributed by atoms with Gasteiger partial charge < -0.3 is 5.11 Å². The van der Waals surface area contributed by atoms with Crippen LogP contribution >= 0.6 is 0 Å². The van der Waals surface area contributed by atoms with Gasteiger partial charge in [-0.1, -0.05) is 168 Å². The molecular formula is C61H58N3OPt-. The summed E-state index contributed by atoms with van der Waals surface area (Å²) in [6.45, 7) is -2.18. The Bertz CT molecular complexity index is 3720. The Morgan fingerprint density at radius 1 is 0.636 bits per heavy atom. The molecule has 0 aliphatic carbocycles. The van der Waals surface area contributed by atoms with E-state index in [0.29, 0.717) is 77.9 Å². The van der Waals surface area contributed by atoms with E-state index >= 15 is 0 Å². The quantitative estimate of drug-likeness (QED) is 0.147. The van der Waals surface area contributed by atoms with Crippen LogP contribution in [-0.4, -0.2) is 19.6 Å². The number of phenols is 1. The number of pyridine rings is 1. The number of nitrogens with zero attached hydrogens (tertiary/aromatic N) is 3. The third-order valence-corrected chi connectivity index (χ3v) is 12.0. The van der Waals surface area contributed by atoms with Crippen LogP contribution in [0.25, 0.3) is 83.9 Å². The van der Waals surface area contributed by atoms with Gasteiger partial charge in [0.1, 0.15) is 11.6 Å². The number of phenolic OH excluding ortho intramolecular Hbond substituents is 1. The van der Waals surface area contributed by atoms with Crippen LogP contribution in [0.5, 0.6) is 5.75 Å². The van der Waals surface area contributed by atoms with Gasteiger partial charge in [-0.2, -0.15) is 0 Å². The van der Waals surface area contributed by atoms with Crippen molar-refractivity contribution < 1.29 is 45.4 Å². The molecule has 0 aliphatic heterocycles. The molecule has 2 heterocycles. The van der Waals surface area contributed by atoms with E-state index in [9.17, 15) is 5.11 Å². The summed E-state index contributed by atoms with van der Waals surface area (Å²) in [5.41, 5.74) is 7.06. The molecule has 334 valence electrons. The Balaban J connectivity index is 0.00000841. The van der Waals surface area contributed by atoms with Gasteiger partial charge in [0.15, 0.2) is 0 Å². The third-order valence-electron chi connectivity index (χ3n) is 12.0. The van der Waals surface area contributed by atoms with E-state index < -0.39 is 44.6 Å². The number of fused-ring (bicyclic) bond motifs is 1. The number of para-hydroxylation sites is 1. The summed E-state index contributed by atoms with van der Waals surface area (Å²) in [5, 5.41) is 11.9. The second kappa shape index (κ2) is 18.5. The predicted molar refractivity (Wildman–Crippen MR) is 273 cm³/mol. The molecule has 0 amide bonds. The largest absolute Gasteiger partial charge is 0.507 e. The average molecular weight is 1060 g/mol. The molecule has 0 saturated carbocycles. The number of rotatable bonds is 9. The van der Waals surface area contributed by atoms with Crippen molar-refractivity contribution >= 4 is 11.0 Å². The fourth-order valence-corrected chi connectivity index (χ4v) is 8.78. The molecule has 4 nitrogen and oxygen atoms in total. The van der Waals surface area contributed by atoms with Crippen LogP contribution in [0.4, 0.5) is 0 Å². The maximum atomic E-state index is 11.9. The number of benzene rings is 7. The second-order valence-corrected chi connectivity index (χ2v) is 17.2. The van der Waals surface area contributed by atoms with E-state index in [2.05, 4.69) is 6.07 Å². The van der Waals surface area contributed by atoms with E-state index in [1.807, 2.05) is 104 Å². The van der Waals surface area contributed by atoms with E-state index in [-0.39, 0.29) is 49.5 Å². The number of aryl methyl sites for hydroxylation is 3. The van der Waals surface area contributed by atoms with Gasteiger partial charge in [0.2, 0.25) is 0 Å². The fraction of sp³-hybridized carbons (Fsp3) is 0.213. The predicted octanol–water partition coefficient (Wildman–Crippen LogP) is 16.4. The number of aromatic nitrogens is 3. The van der Waals surface area contributed by atoms with Crippen LogP contribution in [0.3, 0.4) is 0 Å². The van der Waals surface area contributed by atoms with Gasteiger partial charge in [-0.15, -0.1) is 23.8 Å². The molecule has 0 radical (unpaired) electrons. The first-order valence-electron chi connectivity index (χ1n) is 28.5. The minimum atomic E-state index is -3.41. The molecule has 9 aromatic rings. The van der Waals surface area contributed by atoms with E-state index in [1.165, 1.54) is 24.3 Å². The number of imidazole rings is 1. The van der Waals surface area contributed by atoms with Crippen LogP contribution in [0, 0.1) is 26.8 Å². The number of aromatic hydroxyl groups is 1. The maximum Gasteiger partial charge on any atom is 0.148 e. The molecule has 1 N–H and O–H groups in total. The van der Waals surface area contributed by atoms with Crippen molar-refractivity contribution in [1.82, 2.24) is 14.5 Å². The first kappa shape index (κ1) is 31.5. The Morgan fingerprint density at radius 3 is 2.02 bits per heavy atom. The normalized spacial score (nSPS) is 15.9. The van der Waals surface area contributed by atoms with Crippen molar-refractivity contribution in [1.29, 1.82) is 0 Å². The molecule has 0 aliphatic rings.